The number of para-hydroxylation sites is 1. The van der Waals surface area contributed by atoms with E-state index in [0.29, 0.717) is 32.8 Å². The number of thioether (sulfide) groups is 1. The summed E-state index contributed by atoms with van der Waals surface area (Å²) >= 11 is 1.16. The molecule has 52 heavy (non-hydrogen) atoms. The van der Waals surface area contributed by atoms with Crippen LogP contribution in [0.4, 0.5) is 30.7 Å². The number of benzene rings is 2. The number of hydrogen-bond donors (Lipinski definition) is 0. The number of Topliss-reactive ketones (excluding diaryl/α,β-unsaturated/α-hetero) is 1. The van der Waals surface area contributed by atoms with Gasteiger partial charge in [0.1, 0.15) is 23.9 Å². The topological polar surface area (TPSA) is 113 Å². The molecule has 2 aliphatic rings. The van der Waals surface area contributed by atoms with Crippen molar-refractivity contribution in [2.24, 2.45) is 13.0 Å². The molecule has 1 fully saturated rings. The molecule has 0 N–H and O–H groups in total. The Kier molecular flexibility index (Phi) is 8.79. The molecule has 2 aromatic carbocycles. The van der Waals surface area contributed by atoms with Gasteiger partial charge in [0.05, 0.1) is 22.7 Å². The molecule has 5 aromatic rings. The molecule has 1 saturated carbocycles. The normalized spacial score (nSPS) is 18.4. The SMILES string of the molecule is CSc1ncc(-c2cccc3c(CS(C)(=O)=O)nn(C)c23)c([C@@H](CC(=O)Cn2nc(C(F)(F)F)c3c2C(F)(F)[C@@H]2C[C@H]32)Cc2cc(F)cc(F)c2)n1. The Morgan fingerprint density at radius 2 is 1.81 bits per heavy atom. The van der Waals surface area contributed by atoms with Crippen molar-refractivity contribution in [1.29, 1.82) is 0 Å². The lowest BCUT2D eigenvalue weighted by atomic mass is 9.87. The maximum atomic E-state index is 15.3. The number of halogens is 7. The first-order valence-electron chi connectivity index (χ1n) is 15.9. The van der Waals surface area contributed by atoms with Crippen molar-refractivity contribution in [2.75, 3.05) is 12.5 Å². The number of sulfone groups is 1. The van der Waals surface area contributed by atoms with Crippen LogP contribution in [0, 0.1) is 17.6 Å². The van der Waals surface area contributed by atoms with Crippen molar-refractivity contribution >= 4 is 38.3 Å². The third-order valence-electron chi connectivity index (χ3n) is 9.40. The van der Waals surface area contributed by atoms with Gasteiger partial charge in [0.25, 0.3) is 5.92 Å². The number of rotatable bonds is 11. The van der Waals surface area contributed by atoms with Crippen molar-refractivity contribution in [3.8, 4) is 11.1 Å². The number of ketones is 1. The van der Waals surface area contributed by atoms with Gasteiger partial charge in [-0.2, -0.15) is 32.1 Å². The second kappa shape index (κ2) is 12.7. The van der Waals surface area contributed by atoms with Gasteiger partial charge in [-0.15, -0.1) is 0 Å². The maximum absolute atomic E-state index is 15.3. The molecule has 18 heteroatoms. The number of carbonyl (C=O) groups is 1. The number of aryl methyl sites for hydroxylation is 1. The van der Waals surface area contributed by atoms with Crippen LogP contribution in [0.25, 0.3) is 22.0 Å². The molecule has 2 aliphatic carbocycles. The number of aromatic nitrogens is 6. The summed E-state index contributed by atoms with van der Waals surface area (Å²) in [6, 6.07) is 7.87. The summed E-state index contributed by atoms with van der Waals surface area (Å²) in [5.41, 5.74) is -0.954. The Bertz CT molecular complexity index is 2350. The average molecular weight is 767 g/mol. The van der Waals surface area contributed by atoms with Crippen LogP contribution in [0.5, 0.6) is 0 Å². The third kappa shape index (κ3) is 6.58. The fourth-order valence-electron chi connectivity index (χ4n) is 7.36. The summed E-state index contributed by atoms with van der Waals surface area (Å²) in [7, 11) is -1.87. The average Bonchev–Trinajstić information content (AvgIpc) is 3.59. The van der Waals surface area contributed by atoms with E-state index >= 15 is 8.78 Å². The van der Waals surface area contributed by atoms with Gasteiger partial charge >= 0.3 is 6.18 Å². The van der Waals surface area contributed by atoms with E-state index in [1.807, 2.05) is 0 Å². The fraction of sp³-hybridized carbons (Fsp3) is 0.382. The second-order valence-electron chi connectivity index (χ2n) is 13.3. The van der Waals surface area contributed by atoms with Gasteiger partial charge in [0.2, 0.25) is 0 Å². The number of alkyl halides is 5. The third-order valence-corrected chi connectivity index (χ3v) is 10.8. The fourth-order valence-corrected chi connectivity index (χ4v) is 8.41. The number of fused-ring (bicyclic) bond motifs is 4. The number of carbonyl (C=O) groups excluding carboxylic acids is 1. The predicted molar refractivity (Wildman–Crippen MR) is 176 cm³/mol. The highest BCUT2D eigenvalue weighted by atomic mass is 32.2. The summed E-state index contributed by atoms with van der Waals surface area (Å²) in [6.07, 6.45) is -1.56. The van der Waals surface area contributed by atoms with E-state index in [1.54, 1.807) is 31.5 Å². The zero-order valence-corrected chi connectivity index (χ0v) is 29.3. The van der Waals surface area contributed by atoms with E-state index in [-0.39, 0.29) is 40.7 Å². The van der Waals surface area contributed by atoms with Gasteiger partial charge in [-0.25, -0.2) is 27.2 Å². The molecule has 7 rings (SSSR count). The highest BCUT2D eigenvalue weighted by molar-refractivity contribution is 7.98. The highest BCUT2D eigenvalue weighted by Crippen LogP contribution is 2.68. The van der Waals surface area contributed by atoms with E-state index in [2.05, 4.69) is 15.2 Å². The lowest BCUT2D eigenvalue weighted by Gasteiger charge is -2.21. The van der Waals surface area contributed by atoms with E-state index < -0.39 is 87.0 Å². The minimum atomic E-state index is -5.02. The van der Waals surface area contributed by atoms with Gasteiger partial charge in [-0.1, -0.05) is 30.0 Å². The van der Waals surface area contributed by atoms with Crippen molar-refractivity contribution in [2.45, 2.75) is 60.7 Å². The summed E-state index contributed by atoms with van der Waals surface area (Å²) in [5.74, 6) is -9.81. The van der Waals surface area contributed by atoms with Crippen molar-refractivity contribution < 1.29 is 43.9 Å². The molecule has 3 aromatic heterocycles. The molecule has 0 amide bonds. The summed E-state index contributed by atoms with van der Waals surface area (Å²) < 4.78 is 128. The van der Waals surface area contributed by atoms with Gasteiger partial charge in [0.15, 0.2) is 26.5 Å². The minimum Gasteiger partial charge on any atom is -0.298 e. The maximum Gasteiger partial charge on any atom is 0.435 e. The molecule has 0 spiro atoms. The quantitative estimate of drug-likeness (QED) is 0.0805. The molecular weight excluding hydrogens is 738 g/mol. The zero-order chi connectivity index (χ0) is 37.5. The first-order valence-corrected chi connectivity index (χ1v) is 19.2. The Hall–Kier alpha value is -4.32. The summed E-state index contributed by atoms with van der Waals surface area (Å²) in [6.45, 7) is -0.913. The van der Waals surface area contributed by atoms with E-state index in [0.717, 1.165) is 30.2 Å². The lowest BCUT2D eigenvalue weighted by molar-refractivity contribution is -0.142. The van der Waals surface area contributed by atoms with Gasteiger partial charge in [0, 0.05) is 65.9 Å². The Labute approximate surface area is 296 Å². The van der Waals surface area contributed by atoms with Crippen molar-refractivity contribution in [1.82, 2.24) is 29.5 Å². The molecule has 0 aliphatic heterocycles. The molecule has 3 heterocycles. The van der Waals surface area contributed by atoms with Crippen LogP contribution in [0.3, 0.4) is 0 Å². The number of nitrogens with zero attached hydrogens (tertiary/aromatic N) is 6. The molecule has 3 atom stereocenters. The van der Waals surface area contributed by atoms with Crippen LogP contribution < -0.4 is 0 Å². The van der Waals surface area contributed by atoms with Crippen LogP contribution in [0.2, 0.25) is 0 Å². The Morgan fingerprint density at radius 3 is 2.46 bits per heavy atom. The first-order chi connectivity index (χ1) is 24.4. The van der Waals surface area contributed by atoms with Crippen LogP contribution >= 0.6 is 11.8 Å². The van der Waals surface area contributed by atoms with E-state index in [1.165, 1.54) is 10.9 Å². The monoisotopic (exact) mass is 766 g/mol. The van der Waals surface area contributed by atoms with E-state index in [4.69, 9.17) is 4.98 Å². The molecule has 0 saturated heterocycles. The van der Waals surface area contributed by atoms with Gasteiger partial charge < -0.3 is 0 Å². The predicted octanol–water partition coefficient (Wildman–Crippen LogP) is 6.98. The molecule has 0 bridgehead atoms. The molecule has 274 valence electrons. The largest absolute Gasteiger partial charge is 0.435 e. The second-order valence-corrected chi connectivity index (χ2v) is 16.2. The molecular formula is C34H29F7N6O3S2. The van der Waals surface area contributed by atoms with Crippen LogP contribution in [0.1, 0.15) is 58.6 Å². The smallest absolute Gasteiger partial charge is 0.298 e. The summed E-state index contributed by atoms with van der Waals surface area (Å²) in [5, 5.41) is 8.67. The Morgan fingerprint density at radius 1 is 1.10 bits per heavy atom. The first kappa shape index (κ1) is 36.1. The highest BCUT2D eigenvalue weighted by Gasteiger charge is 2.68. The minimum absolute atomic E-state index is 0.109. The lowest BCUT2D eigenvalue weighted by Crippen LogP contribution is -2.24. The summed E-state index contributed by atoms with van der Waals surface area (Å²) in [4.78, 5) is 22.9. The standard InChI is InChI=1S/C34H29F7N6O3S2/c1-46-29-21(5-4-6-22(29)26(44-46)15-52(3,49)50)24-13-42-32(51-2)43-28(24)17(7-16-8-18(35)11-19(36)9-16)10-20(48)14-47-31-27(30(45-47)34(39,40)41)23-12-25(23)33(31,37)38/h4-6,8-9,11,13,17,23,25H,7,10,12,14-15H2,1-3H3/t17-,23+,25-/m1/s1. The zero-order valence-electron chi connectivity index (χ0n) is 27.7. The Balaban J connectivity index is 1.33. The van der Waals surface area contributed by atoms with Crippen molar-refractivity contribution in [3.63, 3.8) is 0 Å². The van der Waals surface area contributed by atoms with E-state index in [9.17, 15) is 35.2 Å². The number of hydrogen-bond acceptors (Lipinski definition) is 8. The van der Waals surface area contributed by atoms with Gasteiger partial charge in [-0.3, -0.25) is 14.2 Å². The van der Waals surface area contributed by atoms with Crippen LogP contribution in [-0.4, -0.2) is 56.2 Å². The molecule has 0 radical (unpaired) electrons. The molecule has 9 nitrogen and oxygen atoms in total. The van der Waals surface area contributed by atoms with Crippen molar-refractivity contribution in [3.05, 3.63) is 88.1 Å². The molecule has 0 unspecified atom stereocenters. The van der Waals surface area contributed by atoms with Crippen LogP contribution in [0.15, 0.2) is 47.8 Å². The van der Waals surface area contributed by atoms with Crippen LogP contribution in [-0.2, 0) is 52.5 Å². The van der Waals surface area contributed by atoms with Gasteiger partial charge in [-0.05, 0) is 42.7 Å².